The highest BCUT2D eigenvalue weighted by Gasteiger charge is 2.07. The van der Waals surface area contributed by atoms with Gasteiger partial charge in [0.1, 0.15) is 5.75 Å². The summed E-state index contributed by atoms with van der Waals surface area (Å²) in [5, 5.41) is 12.0. The number of fused-ring (bicyclic) bond motifs is 1. The fourth-order valence-corrected chi connectivity index (χ4v) is 1.86. The highest BCUT2D eigenvalue weighted by atomic mass is 16.3. The predicted octanol–water partition coefficient (Wildman–Crippen LogP) is 3.58. The topological polar surface area (TPSA) is 20.2 Å². The average molecular weight is 198 g/mol. The van der Waals surface area contributed by atoms with Crippen LogP contribution in [-0.4, -0.2) is 5.11 Å². The summed E-state index contributed by atoms with van der Waals surface area (Å²) in [5.41, 5.74) is 2.09. The molecule has 0 spiro atoms. The van der Waals surface area contributed by atoms with Gasteiger partial charge in [-0.25, -0.2) is 0 Å². The summed E-state index contributed by atoms with van der Waals surface area (Å²) in [6.45, 7) is 5.67. The Labute approximate surface area is 89.7 Å². The normalized spacial score (nSPS) is 10.5. The molecule has 1 N–H and O–H groups in total. The van der Waals surface area contributed by atoms with Crippen LogP contribution in [0, 0.1) is 6.92 Å². The van der Waals surface area contributed by atoms with Gasteiger partial charge in [-0.15, -0.1) is 6.58 Å². The molecule has 0 atom stereocenters. The van der Waals surface area contributed by atoms with Gasteiger partial charge >= 0.3 is 0 Å². The molecule has 15 heavy (non-hydrogen) atoms. The summed E-state index contributed by atoms with van der Waals surface area (Å²) in [5.74, 6) is 0.393. The molecule has 0 saturated carbocycles. The second kappa shape index (κ2) is 3.77. The molecule has 2 aromatic rings. The van der Waals surface area contributed by atoms with Gasteiger partial charge in [0.2, 0.25) is 0 Å². The van der Waals surface area contributed by atoms with E-state index in [0.717, 1.165) is 28.3 Å². The Bertz CT molecular complexity index is 512. The van der Waals surface area contributed by atoms with Crippen LogP contribution in [0.25, 0.3) is 10.8 Å². The molecule has 2 aromatic carbocycles. The van der Waals surface area contributed by atoms with Crippen molar-refractivity contribution in [1.29, 1.82) is 0 Å². The van der Waals surface area contributed by atoms with Crippen LogP contribution in [0.4, 0.5) is 0 Å². The number of phenols is 1. The van der Waals surface area contributed by atoms with Gasteiger partial charge in [0.15, 0.2) is 0 Å². The Balaban J connectivity index is 2.76. The Kier molecular flexibility index (Phi) is 2.46. The smallest absolute Gasteiger partial charge is 0.126 e. The molecule has 0 aliphatic carbocycles. The first-order valence-electron chi connectivity index (χ1n) is 5.05. The number of aromatic hydroxyl groups is 1. The van der Waals surface area contributed by atoms with Gasteiger partial charge < -0.3 is 5.11 Å². The van der Waals surface area contributed by atoms with Crippen LogP contribution in [0.2, 0.25) is 0 Å². The van der Waals surface area contributed by atoms with E-state index in [2.05, 4.69) is 12.6 Å². The molecule has 0 aliphatic rings. The number of benzene rings is 2. The molecule has 0 saturated heterocycles. The van der Waals surface area contributed by atoms with Crippen molar-refractivity contribution in [2.24, 2.45) is 0 Å². The van der Waals surface area contributed by atoms with E-state index in [9.17, 15) is 5.11 Å². The van der Waals surface area contributed by atoms with Gasteiger partial charge in [-0.3, -0.25) is 0 Å². The van der Waals surface area contributed by atoms with E-state index in [4.69, 9.17) is 0 Å². The van der Waals surface area contributed by atoms with Crippen LogP contribution in [-0.2, 0) is 6.42 Å². The quantitative estimate of drug-likeness (QED) is 0.731. The standard InChI is InChI=1S/C14H14O/c1-3-6-11-9-12-7-4-5-8-13(12)14(15)10(11)2/h3-5,7-9,15H,1,6H2,2H3. The van der Waals surface area contributed by atoms with Crippen LogP contribution in [0.1, 0.15) is 11.1 Å². The Morgan fingerprint density at radius 1 is 1.33 bits per heavy atom. The van der Waals surface area contributed by atoms with Crippen molar-refractivity contribution in [3.05, 3.63) is 54.1 Å². The summed E-state index contributed by atoms with van der Waals surface area (Å²) in [6, 6.07) is 9.99. The van der Waals surface area contributed by atoms with Crippen LogP contribution >= 0.6 is 0 Å². The van der Waals surface area contributed by atoms with E-state index >= 15 is 0 Å². The van der Waals surface area contributed by atoms with Crippen molar-refractivity contribution in [2.45, 2.75) is 13.3 Å². The molecule has 0 radical (unpaired) electrons. The maximum absolute atomic E-state index is 10.0. The summed E-state index contributed by atoms with van der Waals surface area (Å²) in [7, 11) is 0. The Morgan fingerprint density at radius 2 is 2.07 bits per heavy atom. The molecule has 0 aromatic heterocycles. The Morgan fingerprint density at radius 3 is 2.80 bits per heavy atom. The van der Waals surface area contributed by atoms with E-state index < -0.39 is 0 Å². The molecule has 0 fully saturated rings. The molecule has 2 rings (SSSR count). The zero-order valence-corrected chi connectivity index (χ0v) is 8.83. The second-order valence-corrected chi connectivity index (χ2v) is 3.72. The Hall–Kier alpha value is -1.76. The van der Waals surface area contributed by atoms with E-state index in [1.54, 1.807) is 0 Å². The third kappa shape index (κ3) is 1.61. The summed E-state index contributed by atoms with van der Waals surface area (Å²) >= 11 is 0. The first-order chi connectivity index (χ1) is 7.24. The molecular weight excluding hydrogens is 184 g/mol. The molecule has 1 nitrogen and oxygen atoms in total. The number of hydrogen-bond acceptors (Lipinski definition) is 1. The molecule has 0 heterocycles. The number of phenolic OH excluding ortho intramolecular Hbond substituents is 1. The molecule has 0 unspecified atom stereocenters. The van der Waals surface area contributed by atoms with Gasteiger partial charge in [0.05, 0.1) is 0 Å². The summed E-state index contributed by atoms with van der Waals surface area (Å²) in [4.78, 5) is 0. The molecule has 76 valence electrons. The van der Waals surface area contributed by atoms with E-state index in [1.807, 2.05) is 37.3 Å². The van der Waals surface area contributed by atoms with Crippen LogP contribution in [0.15, 0.2) is 43.0 Å². The molecule has 1 heteroatoms. The minimum atomic E-state index is 0.393. The van der Waals surface area contributed by atoms with Crippen molar-refractivity contribution < 1.29 is 5.11 Å². The van der Waals surface area contributed by atoms with Crippen molar-refractivity contribution >= 4 is 10.8 Å². The van der Waals surface area contributed by atoms with E-state index in [1.165, 1.54) is 0 Å². The van der Waals surface area contributed by atoms with E-state index in [-0.39, 0.29) is 0 Å². The third-order valence-electron chi connectivity index (χ3n) is 2.75. The van der Waals surface area contributed by atoms with Crippen LogP contribution < -0.4 is 0 Å². The second-order valence-electron chi connectivity index (χ2n) is 3.72. The summed E-state index contributed by atoms with van der Waals surface area (Å²) in [6.07, 6.45) is 2.65. The fourth-order valence-electron chi connectivity index (χ4n) is 1.86. The minimum Gasteiger partial charge on any atom is -0.507 e. The highest BCUT2D eigenvalue weighted by molar-refractivity contribution is 5.90. The fraction of sp³-hybridized carbons (Fsp3) is 0.143. The SMILES string of the molecule is C=CCc1cc2ccccc2c(O)c1C. The lowest BCUT2D eigenvalue weighted by atomic mass is 9.98. The maximum atomic E-state index is 10.0. The predicted molar refractivity (Wildman–Crippen MR) is 64.3 cm³/mol. The number of rotatable bonds is 2. The molecule has 0 bridgehead atoms. The van der Waals surface area contributed by atoms with Crippen molar-refractivity contribution in [2.75, 3.05) is 0 Å². The lowest BCUT2D eigenvalue weighted by molar-refractivity contribution is 0.477. The van der Waals surface area contributed by atoms with Gasteiger partial charge in [0.25, 0.3) is 0 Å². The van der Waals surface area contributed by atoms with Gasteiger partial charge in [0, 0.05) is 5.39 Å². The zero-order chi connectivity index (χ0) is 10.8. The highest BCUT2D eigenvalue weighted by Crippen LogP contribution is 2.31. The lowest BCUT2D eigenvalue weighted by Crippen LogP contribution is -1.89. The van der Waals surface area contributed by atoms with Crippen molar-refractivity contribution in [3.8, 4) is 5.75 Å². The van der Waals surface area contributed by atoms with Gasteiger partial charge in [-0.2, -0.15) is 0 Å². The first-order valence-corrected chi connectivity index (χ1v) is 5.05. The largest absolute Gasteiger partial charge is 0.507 e. The summed E-state index contributed by atoms with van der Waals surface area (Å²) < 4.78 is 0. The molecule has 0 aliphatic heterocycles. The van der Waals surface area contributed by atoms with Gasteiger partial charge in [-0.1, -0.05) is 36.4 Å². The first kappa shape index (κ1) is 9.78. The average Bonchev–Trinajstić information content (AvgIpc) is 2.26. The van der Waals surface area contributed by atoms with Gasteiger partial charge in [-0.05, 0) is 29.9 Å². The monoisotopic (exact) mass is 198 g/mol. The number of allylic oxidation sites excluding steroid dienone is 1. The minimum absolute atomic E-state index is 0.393. The zero-order valence-electron chi connectivity index (χ0n) is 8.83. The van der Waals surface area contributed by atoms with Crippen LogP contribution in [0.5, 0.6) is 5.75 Å². The van der Waals surface area contributed by atoms with Crippen LogP contribution in [0.3, 0.4) is 0 Å². The third-order valence-corrected chi connectivity index (χ3v) is 2.75. The van der Waals surface area contributed by atoms with Crippen molar-refractivity contribution in [3.63, 3.8) is 0 Å². The van der Waals surface area contributed by atoms with Crippen molar-refractivity contribution in [1.82, 2.24) is 0 Å². The molecule has 0 amide bonds. The number of hydrogen-bond donors (Lipinski definition) is 1. The van der Waals surface area contributed by atoms with E-state index in [0.29, 0.717) is 5.75 Å². The lowest BCUT2D eigenvalue weighted by Gasteiger charge is -2.09. The maximum Gasteiger partial charge on any atom is 0.126 e. The molecular formula is C14H14O.